The van der Waals surface area contributed by atoms with Crippen LogP contribution in [0.5, 0.6) is 0 Å². The summed E-state index contributed by atoms with van der Waals surface area (Å²) in [6.07, 6.45) is 0.450. The zero-order valence-electron chi connectivity index (χ0n) is 10.1. The maximum atomic E-state index is 12.0. The molecule has 0 bridgehead atoms. The smallest absolute Gasteiger partial charge is 0.216 e. The van der Waals surface area contributed by atoms with Crippen LogP contribution in [0.15, 0.2) is 65.8 Å². The number of anilines is 1. The molecule has 94 valence electrons. The molecule has 0 saturated carbocycles. The van der Waals surface area contributed by atoms with Gasteiger partial charge in [-0.3, -0.25) is 15.0 Å². The third-order valence-corrected chi connectivity index (χ3v) is 2.46. The van der Waals surface area contributed by atoms with E-state index in [4.69, 9.17) is 0 Å². The molecule has 2 rings (SSSR count). The maximum Gasteiger partial charge on any atom is 0.216 e. The first kappa shape index (κ1) is 12.7. The van der Waals surface area contributed by atoms with Crippen molar-refractivity contribution in [3.63, 3.8) is 0 Å². The van der Waals surface area contributed by atoms with Crippen LogP contribution in [0.2, 0.25) is 0 Å². The molecule has 0 radical (unpaired) electrons. The van der Waals surface area contributed by atoms with Gasteiger partial charge in [-0.1, -0.05) is 48.5 Å². The van der Waals surface area contributed by atoms with Crippen LogP contribution in [0.3, 0.4) is 0 Å². The van der Waals surface area contributed by atoms with E-state index < -0.39 is 5.78 Å². The average Bonchev–Trinajstić information content (AvgIpc) is 2.49. The van der Waals surface area contributed by atoms with Crippen molar-refractivity contribution < 1.29 is 9.59 Å². The maximum absolute atomic E-state index is 12.0. The van der Waals surface area contributed by atoms with Gasteiger partial charge in [0, 0.05) is 5.56 Å². The predicted molar refractivity (Wildman–Crippen MR) is 74.3 cm³/mol. The van der Waals surface area contributed by atoms with E-state index in [-0.39, 0.29) is 5.71 Å². The molecule has 2 aromatic carbocycles. The van der Waals surface area contributed by atoms with Gasteiger partial charge in [-0.25, -0.2) is 0 Å². The van der Waals surface area contributed by atoms with E-state index in [0.29, 0.717) is 17.5 Å². The topological polar surface area (TPSA) is 58.5 Å². The van der Waals surface area contributed by atoms with Crippen LogP contribution in [-0.2, 0) is 4.79 Å². The monoisotopic (exact) mass is 252 g/mol. The van der Waals surface area contributed by atoms with Crippen molar-refractivity contribution in [2.75, 3.05) is 5.43 Å². The minimum atomic E-state index is -0.404. The van der Waals surface area contributed by atoms with Crippen LogP contribution in [0.4, 0.5) is 5.69 Å². The van der Waals surface area contributed by atoms with Crippen molar-refractivity contribution in [3.8, 4) is 0 Å². The number of rotatable bonds is 5. The fourth-order valence-electron chi connectivity index (χ4n) is 1.51. The van der Waals surface area contributed by atoms with Gasteiger partial charge >= 0.3 is 0 Å². The number of aldehydes is 1. The molecule has 0 spiro atoms. The summed E-state index contributed by atoms with van der Waals surface area (Å²) < 4.78 is 0. The average molecular weight is 252 g/mol. The molecular formula is C15H12N2O2. The first-order chi connectivity index (χ1) is 9.31. The van der Waals surface area contributed by atoms with Gasteiger partial charge < -0.3 is 0 Å². The fourth-order valence-corrected chi connectivity index (χ4v) is 1.51. The first-order valence-corrected chi connectivity index (χ1v) is 5.75. The minimum absolute atomic E-state index is 0.157. The molecule has 0 aliphatic heterocycles. The Labute approximate surface area is 110 Å². The molecular weight excluding hydrogens is 240 g/mol. The largest absolute Gasteiger partial charge is 0.296 e. The lowest BCUT2D eigenvalue weighted by molar-refractivity contribution is -0.102. The summed E-state index contributed by atoms with van der Waals surface area (Å²) in [5, 5.41) is 3.84. The van der Waals surface area contributed by atoms with Crippen LogP contribution in [-0.4, -0.2) is 17.8 Å². The molecule has 0 fully saturated rings. The number of carbonyl (C=O) groups excluding carboxylic acids is 2. The molecule has 0 saturated heterocycles. The lowest BCUT2D eigenvalue weighted by Gasteiger charge is -2.02. The Bertz CT molecular complexity index is 592. The van der Waals surface area contributed by atoms with Gasteiger partial charge in [0.2, 0.25) is 5.78 Å². The highest BCUT2D eigenvalue weighted by atomic mass is 16.1. The fraction of sp³-hybridized carbons (Fsp3) is 0. The van der Waals surface area contributed by atoms with Gasteiger partial charge in [-0.2, -0.15) is 5.10 Å². The molecule has 0 heterocycles. The molecule has 2 aromatic rings. The van der Waals surface area contributed by atoms with Crippen LogP contribution in [0.1, 0.15) is 10.4 Å². The Hall–Kier alpha value is -2.75. The summed E-state index contributed by atoms with van der Waals surface area (Å²) in [6, 6.07) is 17.7. The zero-order chi connectivity index (χ0) is 13.5. The van der Waals surface area contributed by atoms with Crippen molar-refractivity contribution in [1.82, 2.24) is 0 Å². The second kappa shape index (κ2) is 6.26. The SMILES string of the molecule is O=C/C(=N/Nc1ccccc1)C(=O)c1ccccc1. The zero-order valence-corrected chi connectivity index (χ0v) is 10.1. The Balaban J connectivity index is 2.16. The standard InChI is InChI=1S/C15H12N2O2/c18-11-14(15(19)12-7-3-1-4-8-12)17-16-13-9-5-2-6-10-13/h1-11,16H/b17-14-. The highest BCUT2D eigenvalue weighted by Gasteiger charge is 2.12. The predicted octanol–water partition coefficient (Wildman–Crippen LogP) is 2.54. The second-order valence-corrected chi connectivity index (χ2v) is 3.79. The van der Waals surface area contributed by atoms with Crippen molar-refractivity contribution in [3.05, 3.63) is 66.2 Å². The van der Waals surface area contributed by atoms with Gasteiger partial charge in [0.05, 0.1) is 5.69 Å². The molecule has 0 atom stereocenters. The number of hydrazone groups is 1. The molecule has 4 nitrogen and oxygen atoms in total. The van der Waals surface area contributed by atoms with Gasteiger partial charge in [-0.05, 0) is 12.1 Å². The second-order valence-electron chi connectivity index (χ2n) is 3.79. The summed E-state index contributed by atoms with van der Waals surface area (Å²) in [6.45, 7) is 0. The number of nitrogens with one attached hydrogen (secondary N) is 1. The van der Waals surface area contributed by atoms with Crippen LogP contribution < -0.4 is 5.43 Å². The number of hydrogen-bond acceptors (Lipinski definition) is 4. The number of ketones is 1. The highest BCUT2D eigenvalue weighted by Crippen LogP contribution is 2.06. The molecule has 4 heteroatoms. The van der Waals surface area contributed by atoms with E-state index in [1.807, 2.05) is 18.2 Å². The van der Waals surface area contributed by atoms with Crippen LogP contribution in [0, 0.1) is 0 Å². The lowest BCUT2D eigenvalue weighted by atomic mass is 10.1. The molecule has 0 unspecified atom stereocenters. The van der Waals surface area contributed by atoms with Crippen molar-refractivity contribution in [2.24, 2.45) is 5.10 Å². The van der Waals surface area contributed by atoms with Gasteiger partial charge in [-0.15, -0.1) is 0 Å². The van der Waals surface area contributed by atoms with Crippen LogP contribution in [0.25, 0.3) is 0 Å². The minimum Gasteiger partial charge on any atom is -0.296 e. The summed E-state index contributed by atoms with van der Waals surface area (Å²) >= 11 is 0. The summed E-state index contributed by atoms with van der Waals surface area (Å²) in [5.41, 5.74) is 3.67. The van der Waals surface area contributed by atoms with Gasteiger partial charge in [0.1, 0.15) is 0 Å². The number of carbonyl (C=O) groups is 2. The van der Waals surface area contributed by atoms with Crippen molar-refractivity contribution in [2.45, 2.75) is 0 Å². The van der Waals surface area contributed by atoms with E-state index in [9.17, 15) is 9.59 Å². The molecule has 0 amide bonds. The van der Waals surface area contributed by atoms with Crippen molar-refractivity contribution in [1.29, 1.82) is 0 Å². The van der Waals surface area contributed by atoms with E-state index in [0.717, 1.165) is 0 Å². The quantitative estimate of drug-likeness (QED) is 0.292. The van der Waals surface area contributed by atoms with E-state index in [2.05, 4.69) is 10.5 Å². The van der Waals surface area contributed by atoms with Gasteiger partial charge in [0.25, 0.3) is 0 Å². The molecule has 0 aliphatic carbocycles. The van der Waals surface area contributed by atoms with E-state index >= 15 is 0 Å². The van der Waals surface area contributed by atoms with Crippen LogP contribution >= 0.6 is 0 Å². The Morgan fingerprint density at radius 2 is 1.53 bits per heavy atom. The Kier molecular flexibility index (Phi) is 4.18. The van der Waals surface area contributed by atoms with E-state index in [1.54, 1.807) is 42.5 Å². The number of hydrogen-bond donors (Lipinski definition) is 1. The number of benzene rings is 2. The molecule has 19 heavy (non-hydrogen) atoms. The third kappa shape index (κ3) is 3.35. The normalized spacial score (nSPS) is 10.8. The first-order valence-electron chi connectivity index (χ1n) is 5.75. The highest BCUT2D eigenvalue weighted by molar-refractivity contribution is 6.63. The van der Waals surface area contributed by atoms with Gasteiger partial charge in [0.15, 0.2) is 12.0 Å². The van der Waals surface area contributed by atoms with E-state index in [1.165, 1.54) is 0 Å². The number of Topliss-reactive ketones (excluding diaryl/α,β-unsaturated/α-hetero) is 1. The van der Waals surface area contributed by atoms with Crippen molar-refractivity contribution >= 4 is 23.5 Å². The molecule has 0 aliphatic rings. The number of nitrogens with zero attached hydrogens (tertiary/aromatic N) is 1. The Morgan fingerprint density at radius 1 is 0.947 bits per heavy atom. The summed E-state index contributed by atoms with van der Waals surface area (Å²) in [7, 11) is 0. The molecule has 1 N–H and O–H groups in total. The lowest BCUT2D eigenvalue weighted by Crippen LogP contribution is -2.17. The third-order valence-electron chi connectivity index (χ3n) is 2.46. The summed E-state index contributed by atoms with van der Waals surface area (Å²) in [4.78, 5) is 22.9. The summed E-state index contributed by atoms with van der Waals surface area (Å²) in [5.74, 6) is -0.404. The molecule has 0 aromatic heterocycles. The Morgan fingerprint density at radius 3 is 2.11 bits per heavy atom. The number of para-hydroxylation sites is 1.